The number of benzene rings is 1. The van der Waals surface area contributed by atoms with Crippen molar-refractivity contribution < 1.29 is 4.79 Å². The van der Waals surface area contributed by atoms with Crippen LogP contribution in [0.25, 0.3) is 11.1 Å². The number of amides is 1. The van der Waals surface area contributed by atoms with Crippen LogP contribution in [-0.2, 0) is 11.2 Å². The first-order valence-corrected chi connectivity index (χ1v) is 6.01. The molecule has 0 saturated carbocycles. The number of hydrogen-bond acceptors (Lipinski definition) is 2. The molecule has 2 aromatic rings. The van der Waals surface area contributed by atoms with Gasteiger partial charge in [-0.1, -0.05) is 13.0 Å². The summed E-state index contributed by atoms with van der Waals surface area (Å²) in [7, 11) is 0. The van der Waals surface area contributed by atoms with E-state index in [2.05, 4.69) is 23.3 Å². The van der Waals surface area contributed by atoms with Crippen molar-refractivity contribution in [2.75, 3.05) is 5.32 Å². The first kappa shape index (κ1) is 12.3. The average Bonchev–Trinajstić information content (AvgIpc) is 2.39. The molecule has 1 aromatic heterocycles. The fraction of sp³-hybridized carbons (Fsp3) is 0.200. The van der Waals surface area contributed by atoms with Gasteiger partial charge in [0.2, 0.25) is 5.91 Å². The number of hydrogen-bond donors (Lipinski definition) is 1. The smallest absolute Gasteiger partial charge is 0.221 e. The van der Waals surface area contributed by atoms with E-state index in [9.17, 15) is 4.79 Å². The van der Waals surface area contributed by atoms with E-state index in [4.69, 9.17) is 0 Å². The molecular formula is C15H16N2O. The minimum atomic E-state index is -0.0404. The van der Waals surface area contributed by atoms with Gasteiger partial charge in [-0.3, -0.25) is 9.78 Å². The van der Waals surface area contributed by atoms with Gasteiger partial charge in [-0.2, -0.15) is 0 Å². The van der Waals surface area contributed by atoms with Gasteiger partial charge in [0.15, 0.2) is 0 Å². The molecule has 2 rings (SSSR count). The first-order chi connectivity index (χ1) is 8.70. The number of anilines is 1. The zero-order chi connectivity index (χ0) is 13.0. The Labute approximate surface area is 107 Å². The quantitative estimate of drug-likeness (QED) is 0.894. The van der Waals surface area contributed by atoms with Crippen LogP contribution in [0.4, 0.5) is 5.69 Å². The molecule has 92 valence electrons. The highest BCUT2D eigenvalue weighted by atomic mass is 16.1. The van der Waals surface area contributed by atoms with Crippen LogP contribution in [0.3, 0.4) is 0 Å². The lowest BCUT2D eigenvalue weighted by atomic mass is 10.0. The number of aryl methyl sites for hydroxylation is 1. The summed E-state index contributed by atoms with van der Waals surface area (Å²) >= 11 is 0. The predicted molar refractivity (Wildman–Crippen MR) is 73.4 cm³/mol. The van der Waals surface area contributed by atoms with Gasteiger partial charge in [-0.05, 0) is 47.4 Å². The third-order valence-corrected chi connectivity index (χ3v) is 2.81. The maximum Gasteiger partial charge on any atom is 0.221 e. The van der Waals surface area contributed by atoms with Gasteiger partial charge in [0, 0.05) is 25.0 Å². The van der Waals surface area contributed by atoms with Crippen LogP contribution < -0.4 is 5.32 Å². The summed E-state index contributed by atoms with van der Waals surface area (Å²) in [6.45, 7) is 3.60. The molecule has 0 radical (unpaired) electrons. The molecule has 0 aliphatic heterocycles. The van der Waals surface area contributed by atoms with Gasteiger partial charge in [0.25, 0.3) is 0 Å². The second-order valence-corrected chi connectivity index (χ2v) is 4.14. The van der Waals surface area contributed by atoms with Gasteiger partial charge in [0.05, 0.1) is 0 Å². The van der Waals surface area contributed by atoms with E-state index in [0.717, 1.165) is 28.8 Å². The monoisotopic (exact) mass is 240 g/mol. The van der Waals surface area contributed by atoms with Crippen LogP contribution in [0.2, 0.25) is 0 Å². The van der Waals surface area contributed by atoms with Gasteiger partial charge in [-0.25, -0.2) is 0 Å². The Morgan fingerprint density at radius 2 is 1.89 bits per heavy atom. The van der Waals surface area contributed by atoms with E-state index in [1.54, 1.807) is 12.4 Å². The molecule has 0 saturated heterocycles. The zero-order valence-electron chi connectivity index (χ0n) is 10.6. The van der Waals surface area contributed by atoms with Crippen molar-refractivity contribution >= 4 is 11.6 Å². The summed E-state index contributed by atoms with van der Waals surface area (Å²) in [5.41, 5.74) is 4.31. The number of nitrogens with one attached hydrogen (secondary N) is 1. The van der Waals surface area contributed by atoms with E-state index in [0.29, 0.717) is 0 Å². The Hall–Kier alpha value is -2.16. The molecule has 1 aromatic carbocycles. The standard InChI is InChI=1S/C15H16N2O/c1-3-12-10-14(13-6-8-16-9-7-13)4-5-15(12)17-11(2)18/h4-10H,3H2,1-2H3,(H,17,18). The summed E-state index contributed by atoms with van der Waals surface area (Å²) in [4.78, 5) is 15.1. The molecule has 0 spiro atoms. The Morgan fingerprint density at radius 3 is 2.50 bits per heavy atom. The lowest BCUT2D eigenvalue weighted by Crippen LogP contribution is -2.07. The normalized spacial score (nSPS) is 10.1. The molecule has 1 amide bonds. The van der Waals surface area contributed by atoms with E-state index in [1.807, 2.05) is 24.3 Å². The lowest BCUT2D eigenvalue weighted by molar-refractivity contribution is -0.114. The summed E-state index contributed by atoms with van der Waals surface area (Å²) in [5, 5.41) is 2.85. The second kappa shape index (κ2) is 5.45. The highest BCUT2D eigenvalue weighted by molar-refractivity contribution is 5.90. The molecule has 0 aliphatic carbocycles. The molecule has 0 aliphatic rings. The Kier molecular flexibility index (Phi) is 3.72. The fourth-order valence-electron chi connectivity index (χ4n) is 1.92. The maximum atomic E-state index is 11.1. The summed E-state index contributed by atoms with van der Waals surface area (Å²) in [5.74, 6) is -0.0404. The van der Waals surface area contributed by atoms with Crippen molar-refractivity contribution in [3.63, 3.8) is 0 Å². The lowest BCUT2D eigenvalue weighted by Gasteiger charge is -2.10. The summed E-state index contributed by atoms with van der Waals surface area (Å²) in [6.07, 6.45) is 4.44. The van der Waals surface area contributed by atoms with Crippen molar-refractivity contribution in [2.45, 2.75) is 20.3 Å². The van der Waals surface area contributed by atoms with Crippen LogP contribution in [-0.4, -0.2) is 10.9 Å². The largest absolute Gasteiger partial charge is 0.326 e. The van der Waals surface area contributed by atoms with Crippen LogP contribution in [0, 0.1) is 0 Å². The number of carbonyl (C=O) groups excluding carboxylic acids is 1. The van der Waals surface area contributed by atoms with Crippen molar-refractivity contribution in [1.82, 2.24) is 4.98 Å². The molecule has 1 N–H and O–H groups in total. The molecule has 18 heavy (non-hydrogen) atoms. The fourth-order valence-corrected chi connectivity index (χ4v) is 1.92. The third-order valence-electron chi connectivity index (χ3n) is 2.81. The van der Waals surface area contributed by atoms with Crippen LogP contribution in [0.15, 0.2) is 42.7 Å². The van der Waals surface area contributed by atoms with Crippen molar-refractivity contribution in [1.29, 1.82) is 0 Å². The topological polar surface area (TPSA) is 42.0 Å². The number of nitrogens with zero attached hydrogens (tertiary/aromatic N) is 1. The molecule has 3 heteroatoms. The highest BCUT2D eigenvalue weighted by Gasteiger charge is 2.05. The molecular weight excluding hydrogens is 224 g/mol. The maximum absolute atomic E-state index is 11.1. The third kappa shape index (κ3) is 2.74. The number of rotatable bonds is 3. The van der Waals surface area contributed by atoms with Crippen molar-refractivity contribution in [3.05, 3.63) is 48.3 Å². The van der Waals surface area contributed by atoms with Gasteiger partial charge >= 0.3 is 0 Å². The zero-order valence-corrected chi connectivity index (χ0v) is 10.6. The molecule has 0 atom stereocenters. The van der Waals surface area contributed by atoms with Gasteiger partial charge in [0.1, 0.15) is 0 Å². The predicted octanol–water partition coefficient (Wildman–Crippen LogP) is 3.27. The van der Waals surface area contributed by atoms with E-state index in [1.165, 1.54) is 6.92 Å². The Morgan fingerprint density at radius 1 is 1.17 bits per heavy atom. The molecule has 1 heterocycles. The SMILES string of the molecule is CCc1cc(-c2ccncc2)ccc1NC(C)=O. The van der Waals surface area contributed by atoms with Gasteiger partial charge < -0.3 is 5.32 Å². The first-order valence-electron chi connectivity index (χ1n) is 6.01. The minimum absolute atomic E-state index is 0.0404. The molecule has 0 bridgehead atoms. The Bertz CT molecular complexity index is 550. The minimum Gasteiger partial charge on any atom is -0.326 e. The Balaban J connectivity index is 2.39. The number of carbonyl (C=O) groups is 1. The van der Waals surface area contributed by atoms with Crippen LogP contribution >= 0.6 is 0 Å². The van der Waals surface area contributed by atoms with Crippen LogP contribution in [0.5, 0.6) is 0 Å². The summed E-state index contributed by atoms with van der Waals surface area (Å²) < 4.78 is 0. The van der Waals surface area contributed by atoms with Crippen molar-refractivity contribution in [3.8, 4) is 11.1 Å². The molecule has 0 unspecified atom stereocenters. The van der Waals surface area contributed by atoms with E-state index >= 15 is 0 Å². The van der Waals surface area contributed by atoms with Crippen LogP contribution in [0.1, 0.15) is 19.4 Å². The van der Waals surface area contributed by atoms with Crippen molar-refractivity contribution in [2.24, 2.45) is 0 Å². The number of pyridine rings is 1. The van der Waals surface area contributed by atoms with E-state index < -0.39 is 0 Å². The van der Waals surface area contributed by atoms with E-state index in [-0.39, 0.29) is 5.91 Å². The number of aromatic nitrogens is 1. The molecule has 0 fully saturated rings. The average molecular weight is 240 g/mol. The highest BCUT2D eigenvalue weighted by Crippen LogP contribution is 2.25. The second-order valence-electron chi connectivity index (χ2n) is 4.14. The summed E-state index contributed by atoms with van der Waals surface area (Å²) in [6, 6.07) is 10.0. The molecule has 3 nitrogen and oxygen atoms in total. The van der Waals surface area contributed by atoms with Gasteiger partial charge in [-0.15, -0.1) is 0 Å².